The Hall–Kier alpha value is -1.76. The van der Waals surface area contributed by atoms with E-state index in [9.17, 15) is 4.79 Å². The topological polar surface area (TPSA) is 205 Å². The number of hydrazine groups is 1. The first-order valence-electron chi connectivity index (χ1n) is 3.20. The lowest BCUT2D eigenvalue weighted by Gasteiger charge is -2.06. The highest BCUT2D eigenvalue weighted by Gasteiger charge is 2.16. The number of nitrogens with one attached hydrogen (secondary N) is 4. The second-order valence-electron chi connectivity index (χ2n) is 2.05. The van der Waals surface area contributed by atoms with Crippen LogP contribution in [0.5, 0.6) is 0 Å². The molecule has 12 heteroatoms. The minimum atomic E-state index is -5.17. The van der Waals surface area contributed by atoms with Gasteiger partial charge in [-0.1, -0.05) is 5.10 Å². The molecule has 1 heterocycles. The van der Waals surface area contributed by atoms with Gasteiger partial charge in [0.25, 0.3) is 0 Å². The van der Waals surface area contributed by atoms with E-state index in [0.717, 1.165) is 0 Å². The normalized spacial score (nSPS) is 10.1. The number of anilines is 1. The Morgan fingerprint density at radius 1 is 1.47 bits per heavy atom. The van der Waals surface area contributed by atoms with Crippen LogP contribution in [0.4, 0.5) is 5.95 Å². The summed E-state index contributed by atoms with van der Waals surface area (Å²) in [6.45, 7) is 0. The van der Waals surface area contributed by atoms with Gasteiger partial charge in [0.15, 0.2) is 0 Å². The van der Waals surface area contributed by atoms with E-state index in [4.69, 9.17) is 29.1 Å². The molecule has 0 fully saturated rings. The van der Waals surface area contributed by atoms with Gasteiger partial charge in [0.05, 0.1) is 0 Å². The van der Waals surface area contributed by atoms with Gasteiger partial charge in [-0.25, -0.2) is 11.6 Å². The van der Waals surface area contributed by atoms with E-state index in [1.165, 1.54) is 0 Å². The summed E-state index contributed by atoms with van der Waals surface area (Å²) in [7, 11) is -5.17. The standard InChI is InChI=1S/C3H6N6O.H2O4S/c4-3-6-1(8-9-3)2(10)7-5;1-5(2,3)4/h5H2,(H,7,10)(H3,4,6,8,9);(H2,1,2,3,4). The lowest BCUT2D eigenvalue weighted by molar-refractivity contribution is -0.489. The zero-order valence-electron chi connectivity index (χ0n) is 7.10. The predicted octanol–water partition coefficient (Wildman–Crippen LogP) is -4.51. The van der Waals surface area contributed by atoms with E-state index < -0.39 is 16.3 Å². The average molecular weight is 240 g/mol. The summed E-state index contributed by atoms with van der Waals surface area (Å²) in [6.07, 6.45) is 0. The number of aromatic nitrogens is 3. The van der Waals surface area contributed by atoms with Gasteiger partial charge in [0.2, 0.25) is 0 Å². The third-order valence-electron chi connectivity index (χ3n) is 0.940. The second kappa shape index (κ2) is 5.20. The fourth-order valence-electron chi connectivity index (χ4n) is 0.513. The molecule has 1 aromatic rings. The molecule has 0 spiro atoms. The van der Waals surface area contributed by atoms with Crippen molar-refractivity contribution >= 4 is 22.3 Å². The molecule has 15 heavy (non-hydrogen) atoms. The molecule has 0 saturated heterocycles. The molecule has 0 aliphatic carbocycles. The number of rotatable bonds is 1. The quantitative estimate of drug-likeness (QED) is 0.124. The van der Waals surface area contributed by atoms with Crippen LogP contribution >= 0.6 is 0 Å². The zero-order valence-corrected chi connectivity index (χ0v) is 7.92. The molecule has 0 aromatic carbocycles. The molecular weight excluding hydrogens is 232 g/mol. The van der Waals surface area contributed by atoms with Crippen LogP contribution < -0.4 is 27.1 Å². The summed E-state index contributed by atoms with van der Waals surface area (Å²) in [6, 6.07) is 0. The summed E-state index contributed by atoms with van der Waals surface area (Å²) in [5.74, 6) is 4.80. The number of carbonyl (C=O) groups excluding carboxylic acids is 1. The van der Waals surface area contributed by atoms with E-state index in [-0.39, 0.29) is 11.8 Å². The molecule has 0 saturated carbocycles. The Bertz CT molecular complexity index is 416. The maximum absolute atomic E-state index is 10.7. The fraction of sp³-hybridized carbons (Fsp3) is 0. The molecule has 0 aliphatic heterocycles. The fourth-order valence-corrected chi connectivity index (χ4v) is 0.513. The van der Waals surface area contributed by atoms with Crippen molar-refractivity contribution in [2.45, 2.75) is 0 Å². The second-order valence-corrected chi connectivity index (χ2v) is 2.86. The first-order valence-corrected chi connectivity index (χ1v) is 4.53. The van der Waals surface area contributed by atoms with Crippen molar-refractivity contribution < 1.29 is 32.4 Å². The van der Waals surface area contributed by atoms with Crippen molar-refractivity contribution in [2.75, 3.05) is 5.73 Å². The minimum absolute atomic E-state index is 0.181. The lowest BCUT2D eigenvalue weighted by Crippen LogP contribution is -2.34. The summed E-state index contributed by atoms with van der Waals surface area (Å²) in [4.78, 5) is 13.2. The summed E-state index contributed by atoms with van der Waals surface area (Å²) in [5, 5.41) is 4.92. The Balaban J connectivity index is 0.000000336. The number of H-pyrrole nitrogens is 3. The van der Waals surface area contributed by atoms with Crippen molar-refractivity contribution in [3.63, 3.8) is 0 Å². The maximum atomic E-state index is 10.7. The lowest BCUT2D eigenvalue weighted by atomic mass is 10.6. The van der Waals surface area contributed by atoms with Crippen LogP contribution in [-0.2, 0) is 10.4 Å². The number of aromatic amines is 3. The highest BCUT2D eigenvalue weighted by atomic mass is 32.3. The first kappa shape index (κ1) is 13.2. The van der Waals surface area contributed by atoms with Crippen molar-refractivity contribution in [1.29, 1.82) is 0 Å². The molecule has 86 valence electrons. The highest BCUT2D eigenvalue weighted by molar-refractivity contribution is 7.79. The smallest absolute Gasteiger partial charge is 0.541 e. The van der Waals surface area contributed by atoms with Crippen LogP contribution in [0.2, 0.25) is 0 Å². The van der Waals surface area contributed by atoms with Crippen molar-refractivity contribution in [1.82, 2.24) is 10.5 Å². The summed E-state index contributed by atoms with van der Waals surface area (Å²) >= 11 is 0. The van der Waals surface area contributed by atoms with E-state index >= 15 is 0 Å². The highest BCUT2D eigenvalue weighted by Crippen LogP contribution is 1.77. The van der Waals surface area contributed by atoms with E-state index in [0.29, 0.717) is 0 Å². The van der Waals surface area contributed by atoms with E-state index in [1.54, 1.807) is 0 Å². The maximum Gasteiger partial charge on any atom is 0.541 e. The molecule has 1 amide bonds. The number of hydrogen-bond acceptors (Lipinski definition) is 7. The average Bonchev–Trinajstić information content (AvgIpc) is 2.47. The summed E-state index contributed by atoms with van der Waals surface area (Å²) < 4.78 is 34.1. The molecular formula is C3H8N6O5S. The number of nitrogen functional groups attached to an aromatic ring is 2. The van der Waals surface area contributed by atoms with Gasteiger partial charge in [-0.3, -0.25) is 18.6 Å². The third kappa shape index (κ3) is 7.32. The zero-order chi connectivity index (χ0) is 12.1. The molecule has 8 N–H and O–H groups in total. The molecule has 11 nitrogen and oxygen atoms in total. The van der Waals surface area contributed by atoms with Crippen LogP contribution in [0.25, 0.3) is 0 Å². The molecule has 1 rings (SSSR count). The SMILES string of the molecule is NNC(=O)c1[nH][nH+]c(N)[nH+]1.O=S(=O)([O-])[O-]. The van der Waals surface area contributed by atoms with Crippen LogP contribution in [0.15, 0.2) is 0 Å². The largest absolute Gasteiger partial charge is 0.759 e. The molecule has 0 aliphatic rings. The molecule has 0 unspecified atom stereocenters. The molecule has 0 radical (unpaired) electrons. The molecule has 0 atom stereocenters. The Kier molecular flexibility index (Phi) is 4.59. The van der Waals surface area contributed by atoms with Gasteiger partial charge in [-0.05, 0) is 0 Å². The van der Waals surface area contributed by atoms with Crippen LogP contribution in [0.3, 0.4) is 0 Å². The van der Waals surface area contributed by atoms with Crippen LogP contribution in [0.1, 0.15) is 10.6 Å². The number of amides is 1. The molecule has 0 bridgehead atoms. The summed E-state index contributed by atoms with van der Waals surface area (Å²) in [5.41, 5.74) is 7.13. The Morgan fingerprint density at radius 3 is 2.20 bits per heavy atom. The van der Waals surface area contributed by atoms with Gasteiger partial charge in [0, 0.05) is 10.4 Å². The number of hydrogen-bond donors (Lipinski definition) is 4. The molecule has 1 aromatic heterocycles. The predicted molar refractivity (Wildman–Crippen MR) is 40.4 cm³/mol. The van der Waals surface area contributed by atoms with Crippen LogP contribution in [0, 0.1) is 0 Å². The van der Waals surface area contributed by atoms with Gasteiger partial charge >= 0.3 is 17.7 Å². The third-order valence-corrected chi connectivity index (χ3v) is 0.940. The van der Waals surface area contributed by atoms with Gasteiger partial charge in [-0.15, -0.1) is 4.98 Å². The van der Waals surface area contributed by atoms with Gasteiger partial charge in [-0.2, -0.15) is 5.10 Å². The van der Waals surface area contributed by atoms with E-state index in [2.05, 4.69) is 15.2 Å². The van der Waals surface area contributed by atoms with Crippen molar-refractivity contribution in [2.24, 2.45) is 5.84 Å². The van der Waals surface area contributed by atoms with Crippen molar-refractivity contribution in [3.8, 4) is 0 Å². The Morgan fingerprint density at radius 2 is 1.93 bits per heavy atom. The Labute approximate surface area is 83.4 Å². The van der Waals surface area contributed by atoms with Crippen LogP contribution in [-0.4, -0.2) is 28.5 Å². The number of carbonyl (C=O) groups is 1. The van der Waals surface area contributed by atoms with Gasteiger partial charge in [0.1, 0.15) is 0 Å². The minimum Gasteiger partial charge on any atom is -0.759 e. The van der Waals surface area contributed by atoms with Gasteiger partial charge < -0.3 is 9.11 Å². The van der Waals surface area contributed by atoms with Crippen molar-refractivity contribution in [3.05, 3.63) is 5.82 Å². The first-order chi connectivity index (χ1) is 6.74. The number of nitrogens with two attached hydrogens (primary N) is 2. The monoisotopic (exact) mass is 240 g/mol. The van der Waals surface area contributed by atoms with E-state index in [1.807, 2.05) is 5.43 Å².